The predicted molar refractivity (Wildman–Crippen MR) is 133 cm³/mol. The molecule has 1 aromatic carbocycles. The molecule has 1 aliphatic rings. The van der Waals surface area contributed by atoms with E-state index in [-0.39, 0.29) is 31.2 Å². The molecule has 0 amide bonds. The molecular weight excluding hydrogens is 432 g/mol. The van der Waals surface area contributed by atoms with Crippen molar-refractivity contribution in [1.29, 1.82) is 0 Å². The second-order valence-corrected chi connectivity index (χ2v) is 10.4. The molecule has 194 valence electrons. The van der Waals surface area contributed by atoms with Crippen LogP contribution < -0.4 is 4.74 Å². The number of rotatable bonds is 15. The van der Waals surface area contributed by atoms with Crippen molar-refractivity contribution in [3.05, 3.63) is 29.8 Å². The van der Waals surface area contributed by atoms with Gasteiger partial charge in [0, 0.05) is 6.61 Å². The first-order valence-corrected chi connectivity index (χ1v) is 13.0. The van der Waals surface area contributed by atoms with E-state index < -0.39 is 6.10 Å². The van der Waals surface area contributed by atoms with Crippen molar-refractivity contribution in [1.82, 2.24) is 0 Å². The molecule has 6 atom stereocenters. The van der Waals surface area contributed by atoms with Crippen molar-refractivity contribution in [3.63, 3.8) is 0 Å². The molecule has 0 bridgehead atoms. The average Bonchev–Trinajstić information content (AvgIpc) is 2.82. The van der Waals surface area contributed by atoms with Crippen molar-refractivity contribution >= 4 is 5.97 Å². The van der Waals surface area contributed by atoms with Gasteiger partial charge in [0.1, 0.15) is 12.4 Å². The van der Waals surface area contributed by atoms with Crippen LogP contribution in [-0.2, 0) is 25.6 Å². The van der Waals surface area contributed by atoms with E-state index in [0.717, 1.165) is 56.6 Å². The summed E-state index contributed by atoms with van der Waals surface area (Å²) in [4.78, 5) is 12.2. The number of benzene rings is 1. The first-order valence-electron chi connectivity index (χ1n) is 13.0. The monoisotopic (exact) mass is 478 g/mol. The van der Waals surface area contributed by atoms with Crippen LogP contribution in [0, 0.1) is 23.7 Å². The highest BCUT2D eigenvalue weighted by atomic mass is 16.7. The summed E-state index contributed by atoms with van der Waals surface area (Å²) in [6.07, 6.45) is 5.76. The van der Waals surface area contributed by atoms with Crippen molar-refractivity contribution in [2.45, 2.75) is 91.6 Å². The largest absolute Gasteiger partial charge is 0.497 e. The summed E-state index contributed by atoms with van der Waals surface area (Å²) in [5, 5.41) is 10.5. The Morgan fingerprint density at radius 2 is 1.71 bits per heavy atom. The fraction of sp³-hybridized carbons (Fsp3) is 0.750. The van der Waals surface area contributed by atoms with Crippen LogP contribution in [0.4, 0.5) is 0 Å². The number of ether oxygens (including phenoxy) is 4. The number of carbonyl (C=O) groups excluding carboxylic acids is 1. The summed E-state index contributed by atoms with van der Waals surface area (Å²) in [6.45, 7) is 10.6. The third-order valence-corrected chi connectivity index (χ3v) is 6.68. The summed E-state index contributed by atoms with van der Waals surface area (Å²) < 4.78 is 22.1. The molecule has 1 aromatic rings. The summed E-state index contributed by atoms with van der Waals surface area (Å²) >= 11 is 0. The molecule has 1 aliphatic heterocycles. The van der Waals surface area contributed by atoms with E-state index in [9.17, 15) is 9.90 Å². The zero-order valence-corrected chi connectivity index (χ0v) is 21.8. The fourth-order valence-electron chi connectivity index (χ4n) is 4.86. The zero-order chi connectivity index (χ0) is 24.9. The van der Waals surface area contributed by atoms with Crippen LogP contribution in [0.15, 0.2) is 24.3 Å². The van der Waals surface area contributed by atoms with Gasteiger partial charge in [-0.05, 0) is 79.9 Å². The molecule has 0 spiro atoms. The van der Waals surface area contributed by atoms with Crippen molar-refractivity contribution in [2.75, 3.05) is 20.3 Å². The fourth-order valence-corrected chi connectivity index (χ4v) is 4.86. The molecule has 0 aromatic heterocycles. The lowest BCUT2D eigenvalue weighted by atomic mass is 9.84. The first kappa shape index (κ1) is 28.6. The second-order valence-electron chi connectivity index (χ2n) is 10.4. The molecule has 34 heavy (non-hydrogen) atoms. The van der Waals surface area contributed by atoms with Crippen molar-refractivity contribution in [3.8, 4) is 5.75 Å². The van der Waals surface area contributed by atoms with Gasteiger partial charge >= 0.3 is 5.97 Å². The number of aliphatic hydroxyl groups excluding tert-OH is 1. The van der Waals surface area contributed by atoms with E-state index in [1.54, 1.807) is 7.11 Å². The highest BCUT2D eigenvalue weighted by molar-refractivity contribution is 5.70. The van der Waals surface area contributed by atoms with Gasteiger partial charge in [-0.2, -0.15) is 0 Å². The Balaban J connectivity index is 1.61. The maximum atomic E-state index is 12.2. The van der Waals surface area contributed by atoms with E-state index in [1.165, 1.54) is 6.42 Å². The number of aliphatic hydroxyl groups is 1. The minimum absolute atomic E-state index is 0.0179. The minimum atomic E-state index is -0.691. The molecule has 1 unspecified atom stereocenters. The molecule has 0 aliphatic carbocycles. The first-order chi connectivity index (χ1) is 16.3. The lowest BCUT2D eigenvalue weighted by molar-refractivity contribution is -0.168. The lowest BCUT2D eigenvalue weighted by Crippen LogP contribution is -2.25. The number of methoxy groups -OCH3 is 1. The second kappa shape index (κ2) is 15.4. The lowest BCUT2D eigenvalue weighted by Gasteiger charge is -2.27. The van der Waals surface area contributed by atoms with Gasteiger partial charge in [0.05, 0.1) is 26.2 Å². The molecule has 0 saturated carbocycles. The van der Waals surface area contributed by atoms with E-state index in [0.29, 0.717) is 17.8 Å². The highest BCUT2D eigenvalue weighted by Gasteiger charge is 2.23. The molecule has 0 radical (unpaired) electrons. The van der Waals surface area contributed by atoms with Gasteiger partial charge in [-0.15, -0.1) is 0 Å². The van der Waals surface area contributed by atoms with Crippen LogP contribution >= 0.6 is 0 Å². The van der Waals surface area contributed by atoms with Gasteiger partial charge < -0.3 is 24.1 Å². The quantitative estimate of drug-likeness (QED) is 0.324. The molecular formula is C28H46O6. The van der Waals surface area contributed by atoms with Gasteiger partial charge in [-0.25, -0.2) is 0 Å². The van der Waals surface area contributed by atoms with Crippen LogP contribution in [0.5, 0.6) is 5.75 Å². The van der Waals surface area contributed by atoms with Gasteiger partial charge in [0.15, 0.2) is 6.29 Å². The molecule has 1 N–H and O–H groups in total. The maximum absolute atomic E-state index is 12.2. The van der Waals surface area contributed by atoms with Gasteiger partial charge in [0.25, 0.3) is 0 Å². The zero-order valence-electron chi connectivity index (χ0n) is 21.8. The third kappa shape index (κ3) is 11.2. The van der Waals surface area contributed by atoms with E-state index >= 15 is 0 Å². The van der Waals surface area contributed by atoms with Crippen LogP contribution in [0.25, 0.3) is 0 Å². The van der Waals surface area contributed by atoms with E-state index in [2.05, 4.69) is 20.8 Å². The molecule has 6 heteroatoms. The predicted octanol–water partition coefficient (Wildman–Crippen LogP) is 5.75. The summed E-state index contributed by atoms with van der Waals surface area (Å²) in [7, 11) is 1.61. The number of hydrogen-bond donors (Lipinski definition) is 1. The standard InChI is InChI=1S/C28H46O6/c1-20(15-22(3)18-34-28-8-6-7-13-32-28)14-21(2)16-23(4)26(29)17-27(30)33-19-24-9-11-25(31-5)12-10-24/h9-12,20-23,26,28-29H,6-8,13-19H2,1-5H3/t20-,21+,22+,23+,26+,28?/m1/s1. The Morgan fingerprint density at radius 1 is 1.03 bits per heavy atom. The Morgan fingerprint density at radius 3 is 2.35 bits per heavy atom. The summed E-state index contributed by atoms with van der Waals surface area (Å²) in [5.74, 6) is 1.99. The Labute approximate surface area is 206 Å². The Hall–Kier alpha value is -1.63. The normalized spacial score (nSPS) is 20.7. The Kier molecular flexibility index (Phi) is 12.9. The smallest absolute Gasteiger partial charge is 0.308 e. The molecule has 6 nitrogen and oxygen atoms in total. The highest BCUT2D eigenvalue weighted by Crippen LogP contribution is 2.27. The minimum Gasteiger partial charge on any atom is -0.497 e. The Bertz CT molecular complexity index is 685. The van der Waals surface area contributed by atoms with Gasteiger partial charge in [-0.3, -0.25) is 4.79 Å². The van der Waals surface area contributed by atoms with Crippen molar-refractivity contribution < 1.29 is 28.8 Å². The van der Waals surface area contributed by atoms with Crippen molar-refractivity contribution in [2.24, 2.45) is 23.7 Å². The van der Waals surface area contributed by atoms with Crippen LogP contribution in [-0.4, -0.2) is 43.8 Å². The summed E-state index contributed by atoms with van der Waals surface area (Å²) in [6, 6.07) is 7.40. The molecule has 1 saturated heterocycles. The SMILES string of the molecule is COc1ccc(COC(=O)C[C@H](O)[C@@H](C)C[C@@H](C)C[C@@H](C)C[C@H](C)COC2CCCCO2)cc1. The van der Waals surface area contributed by atoms with Gasteiger partial charge in [0.2, 0.25) is 0 Å². The average molecular weight is 479 g/mol. The van der Waals surface area contributed by atoms with Crippen LogP contribution in [0.1, 0.15) is 78.2 Å². The van der Waals surface area contributed by atoms with Gasteiger partial charge in [-0.1, -0.05) is 39.8 Å². The van der Waals surface area contributed by atoms with E-state index in [1.807, 2.05) is 31.2 Å². The topological polar surface area (TPSA) is 74.2 Å². The van der Waals surface area contributed by atoms with Crippen LogP contribution in [0.3, 0.4) is 0 Å². The van der Waals surface area contributed by atoms with E-state index in [4.69, 9.17) is 18.9 Å². The summed E-state index contributed by atoms with van der Waals surface area (Å²) in [5.41, 5.74) is 0.894. The number of carbonyl (C=O) groups is 1. The molecule has 1 fully saturated rings. The van der Waals surface area contributed by atoms with Crippen LogP contribution in [0.2, 0.25) is 0 Å². The maximum Gasteiger partial charge on any atom is 0.308 e. The third-order valence-electron chi connectivity index (χ3n) is 6.68. The molecule has 1 heterocycles. The molecule has 2 rings (SSSR count). The number of esters is 1. The number of hydrogen-bond acceptors (Lipinski definition) is 6.